The van der Waals surface area contributed by atoms with E-state index in [0.717, 1.165) is 0 Å². The summed E-state index contributed by atoms with van der Waals surface area (Å²) in [6.45, 7) is 0. The highest BCUT2D eigenvalue weighted by atomic mass is 16.4. The van der Waals surface area contributed by atoms with Gasteiger partial charge in [-0.1, -0.05) is 30.3 Å². The highest BCUT2D eigenvalue weighted by Crippen LogP contribution is 2.23. The molecule has 0 amide bonds. The molecule has 2 unspecified atom stereocenters. The summed E-state index contributed by atoms with van der Waals surface area (Å²) < 4.78 is 0. The van der Waals surface area contributed by atoms with Crippen LogP contribution in [0, 0.1) is 28.6 Å². The van der Waals surface area contributed by atoms with Crippen LogP contribution >= 0.6 is 0 Å². The average Bonchev–Trinajstić information content (AvgIpc) is 2.26. The van der Waals surface area contributed by atoms with E-state index in [1.165, 1.54) is 0 Å². The smallest absolute Gasteiger partial charge is 0.322 e. The van der Waals surface area contributed by atoms with Gasteiger partial charge < -0.3 is 5.11 Å². The van der Waals surface area contributed by atoms with Crippen molar-refractivity contribution in [2.24, 2.45) is 5.92 Å². The Morgan fingerprint density at radius 1 is 1.20 bits per heavy atom. The van der Waals surface area contributed by atoms with Crippen molar-refractivity contribution in [1.82, 2.24) is 0 Å². The number of nitriles is 2. The van der Waals surface area contributed by atoms with Crippen molar-refractivity contribution in [1.29, 1.82) is 10.5 Å². The number of hydrogen-bond donors (Lipinski definition) is 1. The SMILES string of the molecule is N#CC(C(=O)O)C(C#N)c1ccccc1. The van der Waals surface area contributed by atoms with Gasteiger partial charge in [-0.3, -0.25) is 4.79 Å². The molecule has 1 N–H and O–H groups in total. The molecule has 0 saturated carbocycles. The minimum atomic E-state index is -1.32. The third kappa shape index (κ3) is 2.32. The van der Waals surface area contributed by atoms with Crippen LogP contribution in [0.2, 0.25) is 0 Å². The Kier molecular flexibility index (Phi) is 3.43. The second kappa shape index (κ2) is 4.78. The van der Waals surface area contributed by atoms with Crippen molar-refractivity contribution in [3.63, 3.8) is 0 Å². The minimum Gasteiger partial charge on any atom is -0.480 e. The molecule has 0 heterocycles. The molecule has 2 atom stereocenters. The fourth-order valence-corrected chi connectivity index (χ4v) is 1.27. The summed E-state index contributed by atoms with van der Waals surface area (Å²) in [5, 5.41) is 26.3. The molecule has 0 spiro atoms. The lowest BCUT2D eigenvalue weighted by atomic mass is 9.88. The van der Waals surface area contributed by atoms with Crippen molar-refractivity contribution in [2.75, 3.05) is 0 Å². The van der Waals surface area contributed by atoms with Crippen molar-refractivity contribution < 1.29 is 9.90 Å². The van der Waals surface area contributed by atoms with Gasteiger partial charge in [-0.15, -0.1) is 0 Å². The van der Waals surface area contributed by atoms with Crippen molar-refractivity contribution in [3.05, 3.63) is 35.9 Å². The van der Waals surface area contributed by atoms with Crippen LogP contribution in [0.5, 0.6) is 0 Å². The second-order valence-electron chi connectivity index (χ2n) is 2.96. The zero-order chi connectivity index (χ0) is 11.3. The van der Waals surface area contributed by atoms with Gasteiger partial charge in [0.05, 0.1) is 18.1 Å². The summed E-state index contributed by atoms with van der Waals surface area (Å²) in [7, 11) is 0. The predicted octanol–water partition coefficient (Wildman–Crippen LogP) is 1.52. The average molecular weight is 200 g/mol. The summed E-state index contributed by atoms with van der Waals surface area (Å²) in [4.78, 5) is 10.7. The molecule has 0 aliphatic rings. The van der Waals surface area contributed by atoms with Gasteiger partial charge in [0.1, 0.15) is 0 Å². The number of carboxylic acid groups (broad SMARTS) is 1. The van der Waals surface area contributed by atoms with Gasteiger partial charge in [0.25, 0.3) is 0 Å². The standard InChI is InChI=1S/C11H8N2O2/c12-6-9(10(7-13)11(14)15)8-4-2-1-3-5-8/h1-5,9-10H,(H,14,15). The van der Waals surface area contributed by atoms with Crippen molar-refractivity contribution in [3.8, 4) is 12.1 Å². The van der Waals surface area contributed by atoms with Crippen LogP contribution in [0.4, 0.5) is 0 Å². The second-order valence-corrected chi connectivity index (χ2v) is 2.96. The predicted molar refractivity (Wildman–Crippen MR) is 51.5 cm³/mol. The Labute approximate surface area is 87.0 Å². The van der Waals surface area contributed by atoms with E-state index in [4.69, 9.17) is 15.6 Å². The maximum atomic E-state index is 10.7. The molecule has 1 rings (SSSR count). The molecular formula is C11H8N2O2. The summed E-state index contributed by atoms with van der Waals surface area (Å²) in [6.07, 6.45) is 0. The van der Waals surface area contributed by atoms with Crippen molar-refractivity contribution >= 4 is 5.97 Å². The highest BCUT2D eigenvalue weighted by molar-refractivity contribution is 5.75. The maximum absolute atomic E-state index is 10.7. The lowest BCUT2D eigenvalue weighted by Crippen LogP contribution is -2.19. The molecule has 0 fully saturated rings. The van der Waals surface area contributed by atoms with Crippen LogP contribution in [0.3, 0.4) is 0 Å². The van der Waals surface area contributed by atoms with E-state index in [1.807, 2.05) is 6.07 Å². The van der Waals surface area contributed by atoms with Gasteiger partial charge in [0.2, 0.25) is 0 Å². The normalized spacial score (nSPS) is 13.2. The van der Waals surface area contributed by atoms with Gasteiger partial charge in [0.15, 0.2) is 5.92 Å². The number of carbonyl (C=O) groups is 1. The number of benzene rings is 1. The lowest BCUT2D eigenvalue weighted by molar-refractivity contribution is -0.140. The Morgan fingerprint density at radius 3 is 2.20 bits per heavy atom. The Morgan fingerprint density at radius 2 is 1.80 bits per heavy atom. The Bertz CT molecular complexity index is 428. The molecule has 1 aromatic carbocycles. The summed E-state index contributed by atoms with van der Waals surface area (Å²) in [5.74, 6) is -3.51. The van der Waals surface area contributed by atoms with E-state index in [1.54, 1.807) is 36.4 Å². The number of rotatable bonds is 3. The van der Waals surface area contributed by atoms with Crippen LogP contribution in [0.15, 0.2) is 30.3 Å². The molecule has 0 aromatic heterocycles. The van der Waals surface area contributed by atoms with Crippen LogP contribution in [-0.2, 0) is 4.79 Å². The molecule has 0 radical (unpaired) electrons. The van der Waals surface area contributed by atoms with Gasteiger partial charge in [-0.25, -0.2) is 0 Å². The number of hydrogen-bond acceptors (Lipinski definition) is 3. The first kappa shape index (κ1) is 10.7. The molecule has 4 nitrogen and oxygen atoms in total. The highest BCUT2D eigenvalue weighted by Gasteiger charge is 2.29. The van der Waals surface area contributed by atoms with E-state index in [2.05, 4.69) is 0 Å². The number of aliphatic carboxylic acids is 1. The third-order valence-electron chi connectivity index (χ3n) is 2.04. The van der Waals surface area contributed by atoms with E-state index in [9.17, 15) is 4.79 Å². The van der Waals surface area contributed by atoms with Crippen LogP contribution in [0.25, 0.3) is 0 Å². The van der Waals surface area contributed by atoms with E-state index >= 15 is 0 Å². The summed E-state index contributed by atoms with van der Waals surface area (Å²) >= 11 is 0. The monoisotopic (exact) mass is 200 g/mol. The number of nitrogens with zero attached hydrogens (tertiary/aromatic N) is 2. The van der Waals surface area contributed by atoms with Crippen LogP contribution < -0.4 is 0 Å². The summed E-state index contributed by atoms with van der Waals surface area (Å²) in [5.41, 5.74) is 0.550. The minimum absolute atomic E-state index is 0.550. The molecule has 0 aliphatic carbocycles. The first-order valence-electron chi connectivity index (χ1n) is 4.27. The van der Waals surface area contributed by atoms with E-state index < -0.39 is 17.8 Å². The van der Waals surface area contributed by atoms with Gasteiger partial charge in [-0.2, -0.15) is 10.5 Å². The molecule has 0 bridgehead atoms. The zero-order valence-electron chi connectivity index (χ0n) is 7.79. The Balaban J connectivity index is 3.06. The Hall–Kier alpha value is -2.33. The van der Waals surface area contributed by atoms with Crippen molar-refractivity contribution in [2.45, 2.75) is 5.92 Å². The molecule has 0 aliphatic heterocycles. The van der Waals surface area contributed by atoms with E-state index in [0.29, 0.717) is 5.56 Å². The van der Waals surface area contributed by atoms with Gasteiger partial charge in [0, 0.05) is 0 Å². The first-order chi connectivity index (χ1) is 7.20. The fraction of sp³-hybridized carbons (Fsp3) is 0.182. The molecule has 1 aromatic rings. The topological polar surface area (TPSA) is 84.9 Å². The van der Waals surface area contributed by atoms with Crippen LogP contribution in [-0.4, -0.2) is 11.1 Å². The van der Waals surface area contributed by atoms with Gasteiger partial charge in [-0.05, 0) is 5.56 Å². The summed E-state index contributed by atoms with van der Waals surface area (Å²) in [6, 6.07) is 11.9. The molecule has 74 valence electrons. The lowest BCUT2D eigenvalue weighted by Gasteiger charge is -2.10. The largest absolute Gasteiger partial charge is 0.480 e. The zero-order valence-corrected chi connectivity index (χ0v) is 7.79. The number of carboxylic acids is 1. The van der Waals surface area contributed by atoms with E-state index in [-0.39, 0.29) is 0 Å². The molecule has 0 saturated heterocycles. The molecule has 4 heteroatoms. The molecule has 15 heavy (non-hydrogen) atoms. The quantitative estimate of drug-likeness (QED) is 0.801. The molecular weight excluding hydrogens is 192 g/mol. The third-order valence-corrected chi connectivity index (χ3v) is 2.04. The van der Waals surface area contributed by atoms with Gasteiger partial charge >= 0.3 is 5.97 Å². The van der Waals surface area contributed by atoms with Crippen LogP contribution in [0.1, 0.15) is 11.5 Å². The maximum Gasteiger partial charge on any atom is 0.322 e. The first-order valence-corrected chi connectivity index (χ1v) is 4.27. The fourth-order valence-electron chi connectivity index (χ4n) is 1.27.